The number of nitrogens with zero attached hydrogens (tertiary/aromatic N) is 1. The lowest BCUT2D eigenvalue weighted by Crippen LogP contribution is -2.13. The first-order chi connectivity index (χ1) is 7.81. The molecular weight excluding hydrogens is 208 g/mol. The van der Waals surface area contributed by atoms with Gasteiger partial charge in [-0.15, -0.1) is 6.42 Å². The third-order valence-corrected chi connectivity index (χ3v) is 1.80. The quantitative estimate of drug-likeness (QED) is 0.509. The number of aliphatic hydroxyl groups is 1. The van der Waals surface area contributed by atoms with E-state index in [2.05, 4.69) is 16.2 Å². The number of terminal acetylenes is 1. The molecule has 84 valence electrons. The number of nitrogens with one attached hydrogen (secondary N) is 1. The third kappa shape index (κ3) is 3.26. The van der Waals surface area contributed by atoms with Gasteiger partial charge in [0.15, 0.2) is 0 Å². The van der Waals surface area contributed by atoms with Crippen LogP contribution < -0.4 is 10.1 Å². The molecule has 0 fully saturated rings. The van der Waals surface area contributed by atoms with Gasteiger partial charge in [0.1, 0.15) is 18.1 Å². The number of pyridine rings is 1. The topological polar surface area (TPSA) is 71.5 Å². The van der Waals surface area contributed by atoms with Gasteiger partial charge in [-0.05, 0) is 6.07 Å². The van der Waals surface area contributed by atoms with Crippen LogP contribution in [0.5, 0.6) is 5.75 Å². The molecule has 0 saturated heterocycles. The zero-order chi connectivity index (χ0) is 11.8. The summed E-state index contributed by atoms with van der Waals surface area (Å²) in [5, 5.41) is 11.1. The molecule has 5 nitrogen and oxygen atoms in total. The van der Waals surface area contributed by atoms with Gasteiger partial charge in [-0.25, -0.2) is 0 Å². The molecule has 1 aromatic heterocycles. The summed E-state index contributed by atoms with van der Waals surface area (Å²) in [7, 11) is 0. The van der Waals surface area contributed by atoms with Crippen molar-refractivity contribution in [1.29, 1.82) is 0 Å². The summed E-state index contributed by atoms with van der Waals surface area (Å²) in [6, 6.07) is 1.64. The van der Waals surface area contributed by atoms with E-state index in [0.29, 0.717) is 23.4 Å². The summed E-state index contributed by atoms with van der Waals surface area (Å²) in [5.74, 6) is 2.90. The molecule has 16 heavy (non-hydrogen) atoms. The molecule has 0 saturated carbocycles. The zero-order valence-corrected chi connectivity index (χ0v) is 8.64. The number of ether oxygens (including phenoxy) is 1. The highest BCUT2D eigenvalue weighted by Gasteiger charge is 2.05. The molecule has 0 bridgehead atoms. The van der Waals surface area contributed by atoms with Gasteiger partial charge in [0.25, 0.3) is 0 Å². The molecule has 1 amide bonds. The molecule has 0 aliphatic carbocycles. The van der Waals surface area contributed by atoms with Crippen LogP contribution in [0, 0.1) is 12.3 Å². The van der Waals surface area contributed by atoms with E-state index < -0.39 is 0 Å². The Hall–Kier alpha value is -2.06. The lowest BCUT2D eigenvalue weighted by Gasteiger charge is -2.09. The zero-order valence-electron chi connectivity index (χ0n) is 8.64. The summed E-state index contributed by atoms with van der Waals surface area (Å²) in [6.07, 6.45) is 7.33. The van der Waals surface area contributed by atoms with Crippen molar-refractivity contribution in [2.24, 2.45) is 0 Å². The Labute approximate surface area is 93.5 Å². The maximum Gasteiger partial charge on any atom is 0.207 e. The van der Waals surface area contributed by atoms with Crippen molar-refractivity contribution < 1.29 is 14.6 Å². The standard InChI is InChI=1S/C11H12N2O3/c1-2-9-5-11(16-4-3-14)10(13-6-9)7-12-8-15/h1,5-6,8,14H,3-4,7H2,(H,12,15). The minimum absolute atomic E-state index is 0.0964. The summed E-state index contributed by atoms with van der Waals surface area (Å²) in [6.45, 7) is 0.319. The van der Waals surface area contributed by atoms with Gasteiger partial charge in [0, 0.05) is 11.8 Å². The molecule has 0 spiro atoms. The number of amides is 1. The molecule has 0 aliphatic rings. The maximum absolute atomic E-state index is 10.2. The maximum atomic E-state index is 10.2. The second-order valence-corrected chi connectivity index (χ2v) is 2.88. The highest BCUT2D eigenvalue weighted by molar-refractivity contribution is 5.47. The molecule has 0 atom stereocenters. The van der Waals surface area contributed by atoms with Crippen molar-refractivity contribution in [3.05, 3.63) is 23.5 Å². The Kier molecular flexibility index (Phi) is 4.83. The minimum atomic E-state index is -0.0964. The van der Waals surface area contributed by atoms with Crippen molar-refractivity contribution in [3.8, 4) is 18.1 Å². The second-order valence-electron chi connectivity index (χ2n) is 2.88. The van der Waals surface area contributed by atoms with Crippen molar-refractivity contribution in [2.75, 3.05) is 13.2 Å². The smallest absolute Gasteiger partial charge is 0.207 e. The fourth-order valence-electron chi connectivity index (χ4n) is 1.10. The van der Waals surface area contributed by atoms with Gasteiger partial charge in [-0.2, -0.15) is 0 Å². The Bertz CT molecular complexity index is 399. The lowest BCUT2D eigenvalue weighted by molar-refractivity contribution is -0.109. The van der Waals surface area contributed by atoms with Crippen molar-refractivity contribution in [2.45, 2.75) is 6.54 Å². The number of hydrogen-bond acceptors (Lipinski definition) is 4. The molecule has 0 radical (unpaired) electrons. The monoisotopic (exact) mass is 220 g/mol. The largest absolute Gasteiger partial charge is 0.489 e. The van der Waals surface area contributed by atoms with E-state index in [1.165, 1.54) is 6.20 Å². The fraction of sp³-hybridized carbons (Fsp3) is 0.273. The SMILES string of the molecule is C#Cc1cnc(CNC=O)c(OCCO)c1. The average molecular weight is 220 g/mol. The first kappa shape index (κ1) is 12.0. The highest BCUT2D eigenvalue weighted by atomic mass is 16.5. The van der Waals surface area contributed by atoms with Crippen LogP contribution >= 0.6 is 0 Å². The van der Waals surface area contributed by atoms with Gasteiger partial charge in [-0.3, -0.25) is 9.78 Å². The third-order valence-electron chi connectivity index (χ3n) is 1.80. The second kappa shape index (κ2) is 6.43. The lowest BCUT2D eigenvalue weighted by atomic mass is 10.2. The summed E-state index contributed by atoms with van der Waals surface area (Å²) >= 11 is 0. The van der Waals surface area contributed by atoms with Gasteiger partial charge in [-0.1, -0.05) is 5.92 Å². The Balaban J connectivity index is 2.87. The fourth-order valence-corrected chi connectivity index (χ4v) is 1.10. The minimum Gasteiger partial charge on any atom is -0.489 e. The van der Waals surface area contributed by atoms with E-state index in [1.807, 2.05) is 0 Å². The predicted molar refractivity (Wildman–Crippen MR) is 57.7 cm³/mol. The van der Waals surface area contributed by atoms with E-state index in [-0.39, 0.29) is 19.8 Å². The average Bonchev–Trinajstić information content (AvgIpc) is 2.34. The first-order valence-electron chi connectivity index (χ1n) is 4.68. The molecule has 0 aliphatic heterocycles. The van der Waals surface area contributed by atoms with E-state index in [1.54, 1.807) is 6.07 Å². The number of aromatic nitrogens is 1. The van der Waals surface area contributed by atoms with Crippen LogP contribution in [0.4, 0.5) is 0 Å². The van der Waals surface area contributed by atoms with Crippen LogP contribution in [0.25, 0.3) is 0 Å². The van der Waals surface area contributed by atoms with Crippen LogP contribution in [-0.2, 0) is 11.3 Å². The van der Waals surface area contributed by atoms with Gasteiger partial charge >= 0.3 is 0 Å². The number of carbonyl (C=O) groups excluding carboxylic acids is 1. The van der Waals surface area contributed by atoms with Crippen molar-refractivity contribution in [3.63, 3.8) is 0 Å². The van der Waals surface area contributed by atoms with Crippen LogP contribution in [0.15, 0.2) is 12.3 Å². The van der Waals surface area contributed by atoms with E-state index >= 15 is 0 Å². The molecule has 1 aromatic rings. The van der Waals surface area contributed by atoms with Gasteiger partial charge in [0.05, 0.1) is 13.2 Å². The van der Waals surface area contributed by atoms with Crippen molar-refractivity contribution >= 4 is 6.41 Å². The Morgan fingerprint density at radius 1 is 1.69 bits per heavy atom. The van der Waals surface area contributed by atoms with Crippen molar-refractivity contribution in [1.82, 2.24) is 10.3 Å². The van der Waals surface area contributed by atoms with Crippen LogP contribution in [-0.4, -0.2) is 29.7 Å². The number of aliphatic hydroxyl groups excluding tert-OH is 1. The van der Waals surface area contributed by atoms with Crippen LogP contribution in [0.1, 0.15) is 11.3 Å². The normalized spacial score (nSPS) is 9.25. The predicted octanol–water partition coefficient (Wildman–Crippen LogP) is -0.320. The molecule has 2 N–H and O–H groups in total. The molecule has 0 unspecified atom stereocenters. The molecule has 5 heteroatoms. The number of hydrogen-bond donors (Lipinski definition) is 2. The molecule has 0 aromatic carbocycles. The van der Waals surface area contributed by atoms with Crippen LogP contribution in [0.3, 0.4) is 0 Å². The summed E-state index contributed by atoms with van der Waals surface area (Å²) in [5.41, 5.74) is 1.15. The van der Waals surface area contributed by atoms with E-state index in [0.717, 1.165) is 0 Å². The van der Waals surface area contributed by atoms with Crippen LogP contribution in [0.2, 0.25) is 0 Å². The number of carbonyl (C=O) groups is 1. The Morgan fingerprint density at radius 3 is 3.12 bits per heavy atom. The first-order valence-corrected chi connectivity index (χ1v) is 4.68. The molecule has 1 rings (SSSR count). The van der Waals surface area contributed by atoms with E-state index in [9.17, 15) is 4.79 Å². The molecular formula is C11H12N2O3. The summed E-state index contributed by atoms with van der Waals surface area (Å²) in [4.78, 5) is 14.2. The van der Waals surface area contributed by atoms with Gasteiger partial charge < -0.3 is 15.2 Å². The van der Waals surface area contributed by atoms with E-state index in [4.69, 9.17) is 16.3 Å². The summed E-state index contributed by atoms with van der Waals surface area (Å²) < 4.78 is 5.26. The number of rotatable bonds is 6. The molecule has 1 heterocycles. The highest BCUT2D eigenvalue weighted by Crippen LogP contribution is 2.17. The Morgan fingerprint density at radius 2 is 2.50 bits per heavy atom. The van der Waals surface area contributed by atoms with Gasteiger partial charge in [0.2, 0.25) is 6.41 Å².